The van der Waals surface area contributed by atoms with Crippen molar-refractivity contribution in [2.75, 3.05) is 27.2 Å². The minimum atomic E-state index is 0.144. The summed E-state index contributed by atoms with van der Waals surface area (Å²) in [6.07, 6.45) is 5.51. The van der Waals surface area contributed by atoms with Crippen molar-refractivity contribution in [1.82, 2.24) is 10.2 Å². The number of hydrogen-bond acceptors (Lipinski definition) is 3. The van der Waals surface area contributed by atoms with E-state index in [1.165, 1.54) is 12.8 Å². The monoisotopic (exact) mass is 255 g/mol. The fourth-order valence-corrected chi connectivity index (χ4v) is 2.71. The predicted molar refractivity (Wildman–Crippen MR) is 75.3 cm³/mol. The van der Waals surface area contributed by atoms with E-state index in [0.717, 1.165) is 25.8 Å². The largest absolute Gasteiger partial charge is 0.353 e. The normalized spacial score (nSPS) is 26.1. The van der Waals surface area contributed by atoms with Crippen molar-refractivity contribution in [3.63, 3.8) is 0 Å². The van der Waals surface area contributed by atoms with Gasteiger partial charge >= 0.3 is 0 Å². The van der Waals surface area contributed by atoms with Gasteiger partial charge in [0.25, 0.3) is 0 Å². The topological polar surface area (TPSA) is 58.4 Å². The van der Waals surface area contributed by atoms with Crippen LogP contribution >= 0.6 is 0 Å². The minimum Gasteiger partial charge on any atom is -0.353 e. The van der Waals surface area contributed by atoms with E-state index in [-0.39, 0.29) is 17.9 Å². The van der Waals surface area contributed by atoms with Crippen LogP contribution in [0.25, 0.3) is 0 Å². The minimum absolute atomic E-state index is 0.144. The Bertz CT molecular complexity index is 255. The molecular formula is C14H29N3O. The SMILES string of the molecule is CC(CCN(C)C)NC(=O)C1CCCCC1CN. The molecule has 3 N–H and O–H groups in total. The summed E-state index contributed by atoms with van der Waals surface area (Å²) in [6.45, 7) is 3.73. The van der Waals surface area contributed by atoms with E-state index in [0.29, 0.717) is 12.5 Å². The molecule has 4 heteroatoms. The number of rotatable bonds is 6. The Labute approximate surface area is 111 Å². The summed E-state index contributed by atoms with van der Waals surface area (Å²) in [7, 11) is 4.11. The smallest absolute Gasteiger partial charge is 0.223 e. The van der Waals surface area contributed by atoms with Gasteiger partial charge in [-0.1, -0.05) is 12.8 Å². The van der Waals surface area contributed by atoms with Crippen molar-refractivity contribution in [2.24, 2.45) is 17.6 Å². The highest BCUT2D eigenvalue weighted by Crippen LogP contribution is 2.29. The van der Waals surface area contributed by atoms with Crippen LogP contribution in [0.3, 0.4) is 0 Å². The Hall–Kier alpha value is -0.610. The van der Waals surface area contributed by atoms with E-state index in [1.54, 1.807) is 0 Å². The van der Waals surface area contributed by atoms with Crippen LogP contribution in [0.5, 0.6) is 0 Å². The molecular weight excluding hydrogens is 226 g/mol. The Kier molecular flexibility index (Phi) is 6.65. The number of carbonyl (C=O) groups is 1. The first-order valence-electron chi connectivity index (χ1n) is 7.19. The maximum Gasteiger partial charge on any atom is 0.223 e. The molecule has 0 spiro atoms. The predicted octanol–water partition coefficient (Wildman–Crippen LogP) is 1.21. The van der Waals surface area contributed by atoms with Crippen LogP contribution in [0.1, 0.15) is 39.0 Å². The number of nitrogens with zero attached hydrogens (tertiary/aromatic N) is 1. The summed E-state index contributed by atoms with van der Waals surface area (Å²) in [5.41, 5.74) is 5.77. The molecule has 3 unspecified atom stereocenters. The molecule has 106 valence electrons. The molecule has 0 heterocycles. The lowest BCUT2D eigenvalue weighted by Gasteiger charge is -2.30. The molecule has 18 heavy (non-hydrogen) atoms. The van der Waals surface area contributed by atoms with Gasteiger partial charge in [0.1, 0.15) is 0 Å². The molecule has 0 aromatic rings. The molecule has 0 aromatic heterocycles. The van der Waals surface area contributed by atoms with Crippen molar-refractivity contribution in [2.45, 2.75) is 45.1 Å². The van der Waals surface area contributed by atoms with Gasteiger partial charge in [0, 0.05) is 12.0 Å². The Balaban J connectivity index is 2.38. The third kappa shape index (κ3) is 4.94. The highest BCUT2D eigenvalue weighted by Gasteiger charge is 2.30. The summed E-state index contributed by atoms with van der Waals surface area (Å²) in [5.74, 6) is 0.752. The molecule has 0 aromatic carbocycles. The average molecular weight is 255 g/mol. The van der Waals surface area contributed by atoms with Crippen LogP contribution in [-0.2, 0) is 4.79 Å². The van der Waals surface area contributed by atoms with Gasteiger partial charge in [-0.2, -0.15) is 0 Å². The molecule has 1 rings (SSSR count). The van der Waals surface area contributed by atoms with Gasteiger partial charge in [0.05, 0.1) is 0 Å². The van der Waals surface area contributed by atoms with Crippen LogP contribution in [0.15, 0.2) is 0 Å². The van der Waals surface area contributed by atoms with Crippen LogP contribution < -0.4 is 11.1 Å². The molecule has 1 amide bonds. The molecule has 0 aliphatic heterocycles. The van der Waals surface area contributed by atoms with Gasteiger partial charge in [-0.15, -0.1) is 0 Å². The fourth-order valence-electron chi connectivity index (χ4n) is 2.71. The lowest BCUT2D eigenvalue weighted by molar-refractivity contribution is -0.128. The van der Waals surface area contributed by atoms with Gasteiger partial charge in [-0.3, -0.25) is 4.79 Å². The standard InChI is InChI=1S/C14H29N3O/c1-11(8-9-17(2)3)16-14(18)13-7-5-4-6-12(13)10-15/h11-13H,4-10,15H2,1-3H3,(H,16,18). The first-order valence-corrected chi connectivity index (χ1v) is 7.19. The van der Waals surface area contributed by atoms with Gasteiger partial charge < -0.3 is 16.0 Å². The highest BCUT2D eigenvalue weighted by molar-refractivity contribution is 5.79. The molecule has 1 aliphatic carbocycles. The van der Waals surface area contributed by atoms with E-state index in [1.807, 2.05) is 0 Å². The quantitative estimate of drug-likeness (QED) is 0.750. The molecule has 3 atom stereocenters. The van der Waals surface area contributed by atoms with Crippen molar-refractivity contribution >= 4 is 5.91 Å². The Morgan fingerprint density at radius 3 is 2.67 bits per heavy atom. The fraction of sp³-hybridized carbons (Fsp3) is 0.929. The van der Waals surface area contributed by atoms with Crippen LogP contribution in [0.2, 0.25) is 0 Å². The third-order valence-corrected chi connectivity index (χ3v) is 3.95. The van der Waals surface area contributed by atoms with Crippen LogP contribution in [-0.4, -0.2) is 44.0 Å². The van der Waals surface area contributed by atoms with Crippen molar-refractivity contribution < 1.29 is 4.79 Å². The Morgan fingerprint density at radius 2 is 2.06 bits per heavy atom. The van der Waals surface area contributed by atoms with Crippen LogP contribution in [0, 0.1) is 11.8 Å². The molecule has 0 saturated heterocycles. The van der Waals surface area contributed by atoms with Crippen molar-refractivity contribution in [3.05, 3.63) is 0 Å². The van der Waals surface area contributed by atoms with E-state index in [9.17, 15) is 4.79 Å². The average Bonchev–Trinajstić information content (AvgIpc) is 2.36. The maximum absolute atomic E-state index is 12.2. The first-order chi connectivity index (χ1) is 8.54. The molecule has 1 aliphatic rings. The van der Waals surface area contributed by atoms with E-state index in [2.05, 4.69) is 31.2 Å². The lowest BCUT2D eigenvalue weighted by Crippen LogP contribution is -2.43. The van der Waals surface area contributed by atoms with Gasteiger partial charge in [-0.05, 0) is 59.3 Å². The van der Waals surface area contributed by atoms with E-state index in [4.69, 9.17) is 5.73 Å². The second-order valence-corrected chi connectivity index (χ2v) is 5.89. The summed E-state index contributed by atoms with van der Waals surface area (Å²) < 4.78 is 0. The van der Waals surface area contributed by atoms with Crippen molar-refractivity contribution in [1.29, 1.82) is 0 Å². The third-order valence-electron chi connectivity index (χ3n) is 3.95. The summed E-state index contributed by atoms with van der Waals surface area (Å²) in [5, 5.41) is 3.15. The van der Waals surface area contributed by atoms with E-state index >= 15 is 0 Å². The zero-order valence-corrected chi connectivity index (χ0v) is 12.1. The van der Waals surface area contributed by atoms with Crippen molar-refractivity contribution in [3.8, 4) is 0 Å². The lowest BCUT2D eigenvalue weighted by atomic mass is 9.78. The van der Waals surface area contributed by atoms with Crippen LogP contribution in [0.4, 0.5) is 0 Å². The number of amides is 1. The Morgan fingerprint density at radius 1 is 1.39 bits per heavy atom. The zero-order chi connectivity index (χ0) is 13.5. The van der Waals surface area contributed by atoms with E-state index < -0.39 is 0 Å². The zero-order valence-electron chi connectivity index (χ0n) is 12.1. The van der Waals surface area contributed by atoms with Gasteiger partial charge in [0.15, 0.2) is 0 Å². The molecule has 1 saturated carbocycles. The number of hydrogen-bond donors (Lipinski definition) is 2. The molecule has 0 bridgehead atoms. The molecule has 1 fully saturated rings. The second kappa shape index (κ2) is 7.74. The first kappa shape index (κ1) is 15.4. The summed E-state index contributed by atoms with van der Waals surface area (Å²) in [4.78, 5) is 14.4. The summed E-state index contributed by atoms with van der Waals surface area (Å²) in [6, 6.07) is 0.250. The van der Waals surface area contributed by atoms with Gasteiger partial charge in [0.2, 0.25) is 5.91 Å². The number of carbonyl (C=O) groups excluding carboxylic acids is 1. The second-order valence-electron chi connectivity index (χ2n) is 5.89. The molecule has 4 nitrogen and oxygen atoms in total. The molecule has 0 radical (unpaired) electrons. The number of nitrogens with one attached hydrogen (secondary N) is 1. The number of nitrogens with two attached hydrogens (primary N) is 1. The van der Waals surface area contributed by atoms with Gasteiger partial charge in [-0.25, -0.2) is 0 Å². The summed E-state index contributed by atoms with van der Waals surface area (Å²) >= 11 is 0. The maximum atomic E-state index is 12.2. The highest BCUT2D eigenvalue weighted by atomic mass is 16.1.